The van der Waals surface area contributed by atoms with Gasteiger partial charge in [-0.05, 0) is 37.4 Å². The maximum absolute atomic E-state index is 12.6. The van der Waals surface area contributed by atoms with Gasteiger partial charge in [0.2, 0.25) is 0 Å². The van der Waals surface area contributed by atoms with Gasteiger partial charge in [0.05, 0.1) is 12.1 Å². The van der Waals surface area contributed by atoms with E-state index in [1.54, 1.807) is 0 Å². The van der Waals surface area contributed by atoms with Crippen molar-refractivity contribution in [3.05, 3.63) is 53.9 Å². The van der Waals surface area contributed by atoms with Crippen LogP contribution in [-0.2, 0) is 0 Å². The SMILES string of the molecule is CCCC(NC(=O)c1ccn(C2CCCNC2)n1)c1ccccc1. The van der Waals surface area contributed by atoms with Gasteiger partial charge >= 0.3 is 0 Å². The summed E-state index contributed by atoms with van der Waals surface area (Å²) >= 11 is 0. The van der Waals surface area contributed by atoms with E-state index in [9.17, 15) is 4.79 Å². The lowest BCUT2D eigenvalue weighted by Crippen LogP contribution is -2.32. The first-order chi connectivity index (χ1) is 11.8. The van der Waals surface area contributed by atoms with Crippen LogP contribution in [0.5, 0.6) is 0 Å². The van der Waals surface area contributed by atoms with E-state index in [0.717, 1.165) is 44.3 Å². The highest BCUT2D eigenvalue weighted by atomic mass is 16.2. The lowest BCUT2D eigenvalue weighted by Gasteiger charge is -2.23. The minimum atomic E-state index is -0.0974. The van der Waals surface area contributed by atoms with Crippen LogP contribution < -0.4 is 10.6 Å². The molecule has 3 rings (SSSR count). The molecule has 2 heterocycles. The summed E-state index contributed by atoms with van der Waals surface area (Å²) in [6.45, 7) is 4.12. The van der Waals surface area contributed by atoms with Crippen LogP contribution in [0.1, 0.15) is 60.7 Å². The van der Waals surface area contributed by atoms with Crippen LogP contribution in [0.3, 0.4) is 0 Å². The molecule has 1 fully saturated rings. The zero-order chi connectivity index (χ0) is 16.8. The highest BCUT2D eigenvalue weighted by molar-refractivity contribution is 5.92. The highest BCUT2D eigenvalue weighted by Gasteiger charge is 2.20. The second-order valence-corrected chi connectivity index (χ2v) is 6.41. The normalized spacial score (nSPS) is 19.0. The summed E-state index contributed by atoms with van der Waals surface area (Å²) < 4.78 is 1.93. The smallest absolute Gasteiger partial charge is 0.272 e. The number of amides is 1. The van der Waals surface area contributed by atoms with Crippen molar-refractivity contribution >= 4 is 5.91 Å². The molecule has 0 bridgehead atoms. The van der Waals surface area contributed by atoms with Crippen LogP contribution >= 0.6 is 0 Å². The van der Waals surface area contributed by atoms with Gasteiger partial charge in [0.1, 0.15) is 5.69 Å². The van der Waals surface area contributed by atoms with Crippen LogP contribution in [0.4, 0.5) is 0 Å². The van der Waals surface area contributed by atoms with Gasteiger partial charge in [-0.3, -0.25) is 9.48 Å². The molecule has 2 N–H and O–H groups in total. The molecule has 0 aliphatic carbocycles. The van der Waals surface area contributed by atoms with Crippen molar-refractivity contribution in [2.45, 2.75) is 44.7 Å². The molecule has 1 saturated heterocycles. The fraction of sp³-hybridized carbons (Fsp3) is 0.474. The van der Waals surface area contributed by atoms with Crippen LogP contribution in [0.25, 0.3) is 0 Å². The van der Waals surface area contributed by atoms with E-state index in [-0.39, 0.29) is 11.9 Å². The summed E-state index contributed by atoms with van der Waals surface area (Å²) in [6, 6.07) is 12.3. The maximum Gasteiger partial charge on any atom is 0.272 e. The van der Waals surface area contributed by atoms with Crippen molar-refractivity contribution in [3.8, 4) is 0 Å². The number of hydrogen-bond donors (Lipinski definition) is 2. The fourth-order valence-electron chi connectivity index (χ4n) is 3.25. The number of carbonyl (C=O) groups is 1. The Balaban J connectivity index is 1.68. The number of aromatic nitrogens is 2. The van der Waals surface area contributed by atoms with Crippen molar-refractivity contribution in [1.82, 2.24) is 20.4 Å². The van der Waals surface area contributed by atoms with Gasteiger partial charge in [-0.2, -0.15) is 5.10 Å². The predicted octanol–water partition coefficient (Wildman–Crippen LogP) is 3.08. The minimum absolute atomic E-state index is 0.0326. The van der Waals surface area contributed by atoms with Crippen molar-refractivity contribution in [3.63, 3.8) is 0 Å². The molecule has 5 nitrogen and oxygen atoms in total. The standard InChI is InChI=1S/C19H26N4O/c1-2-7-17(15-8-4-3-5-9-15)21-19(24)18-11-13-23(22-18)16-10-6-12-20-14-16/h3-5,8-9,11,13,16-17,20H,2,6-7,10,12,14H2,1H3,(H,21,24). The Labute approximate surface area is 143 Å². The van der Waals surface area contributed by atoms with Crippen LogP contribution in [0, 0.1) is 0 Å². The number of rotatable bonds is 6. The third-order valence-electron chi connectivity index (χ3n) is 4.57. The molecule has 2 unspecified atom stereocenters. The fourth-order valence-corrected chi connectivity index (χ4v) is 3.25. The Morgan fingerprint density at radius 1 is 1.38 bits per heavy atom. The van der Waals surface area contributed by atoms with E-state index >= 15 is 0 Å². The average molecular weight is 326 g/mol. The first-order valence-electron chi connectivity index (χ1n) is 8.89. The van der Waals surface area contributed by atoms with Crippen molar-refractivity contribution in [2.24, 2.45) is 0 Å². The van der Waals surface area contributed by atoms with Crippen molar-refractivity contribution < 1.29 is 4.79 Å². The Kier molecular flexibility index (Phi) is 5.64. The summed E-state index contributed by atoms with van der Waals surface area (Å²) in [5, 5.41) is 11.0. The molecule has 1 aliphatic rings. The molecule has 1 aliphatic heterocycles. The zero-order valence-corrected chi connectivity index (χ0v) is 14.2. The molecular weight excluding hydrogens is 300 g/mol. The van der Waals surface area contributed by atoms with Crippen LogP contribution in [0.2, 0.25) is 0 Å². The van der Waals surface area contributed by atoms with Gasteiger partial charge in [-0.25, -0.2) is 0 Å². The molecule has 2 aromatic rings. The lowest BCUT2D eigenvalue weighted by atomic mass is 10.0. The number of benzene rings is 1. The Bertz CT molecular complexity index is 646. The number of nitrogens with zero attached hydrogens (tertiary/aromatic N) is 2. The average Bonchev–Trinajstić information content (AvgIpc) is 3.13. The molecular formula is C19H26N4O. The van der Waals surface area contributed by atoms with Crippen LogP contribution in [-0.4, -0.2) is 28.8 Å². The monoisotopic (exact) mass is 326 g/mol. The summed E-state index contributed by atoms with van der Waals surface area (Å²) in [7, 11) is 0. The van der Waals surface area contributed by atoms with Crippen molar-refractivity contribution in [1.29, 1.82) is 0 Å². The van der Waals surface area contributed by atoms with E-state index < -0.39 is 0 Å². The first-order valence-corrected chi connectivity index (χ1v) is 8.89. The summed E-state index contributed by atoms with van der Waals surface area (Å²) in [5.74, 6) is -0.0974. The van der Waals surface area contributed by atoms with E-state index in [0.29, 0.717) is 11.7 Å². The second-order valence-electron chi connectivity index (χ2n) is 6.41. The second kappa shape index (κ2) is 8.11. The molecule has 1 aromatic heterocycles. The Hall–Kier alpha value is -2.14. The molecule has 0 saturated carbocycles. The van der Waals surface area contributed by atoms with Gasteiger partial charge < -0.3 is 10.6 Å². The molecule has 1 amide bonds. The van der Waals surface area contributed by atoms with E-state index in [2.05, 4.69) is 34.8 Å². The molecule has 5 heteroatoms. The molecule has 24 heavy (non-hydrogen) atoms. The summed E-state index contributed by atoms with van der Waals surface area (Å²) in [6.07, 6.45) is 6.12. The molecule has 1 aromatic carbocycles. The van der Waals surface area contributed by atoms with Gasteiger partial charge in [0.25, 0.3) is 5.91 Å². The van der Waals surface area contributed by atoms with Gasteiger partial charge in [0, 0.05) is 12.7 Å². The Morgan fingerprint density at radius 3 is 2.92 bits per heavy atom. The Morgan fingerprint density at radius 2 is 2.21 bits per heavy atom. The van der Waals surface area contributed by atoms with Crippen molar-refractivity contribution in [2.75, 3.05) is 13.1 Å². The minimum Gasteiger partial charge on any atom is -0.344 e. The first kappa shape index (κ1) is 16.7. The third kappa shape index (κ3) is 4.03. The summed E-state index contributed by atoms with van der Waals surface area (Å²) in [4.78, 5) is 12.6. The third-order valence-corrected chi connectivity index (χ3v) is 4.57. The highest BCUT2D eigenvalue weighted by Crippen LogP contribution is 2.19. The lowest BCUT2D eigenvalue weighted by molar-refractivity contribution is 0.0928. The largest absolute Gasteiger partial charge is 0.344 e. The molecule has 0 spiro atoms. The van der Waals surface area contributed by atoms with Gasteiger partial charge in [-0.1, -0.05) is 43.7 Å². The predicted molar refractivity (Wildman–Crippen MR) is 94.9 cm³/mol. The number of carbonyl (C=O) groups excluding carboxylic acids is 1. The molecule has 128 valence electrons. The molecule has 0 radical (unpaired) electrons. The molecule has 2 atom stereocenters. The van der Waals surface area contributed by atoms with Gasteiger partial charge in [-0.15, -0.1) is 0 Å². The maximum atomic E-state index is 12.6. The van der Waals surface area contributed by atoms with E-state index in [4.69, 9.17) is 0 Å². The number of piperidine rings is 1. The van der Waals surface area contributed by atoms with Crippen LogP contribution in [0.15, 0.2) is 42.6 Å². The van der Waals surface area contributed by atoms with E-state index in [1.165, 1.54) is 0 Å². The van der Waals surface area contributed by atoms with E-state index in [1.807, 2.05) is 35.1 Å². The topological polar surface area (TPSA) is 59.0 Å². The quantitative estimate of drug-likeness (QED) is 0.857. The number of hydrogen-bond acceptors (Lipinski definition) is 3. The van der Waals surface area contributed by atoms with Gasteiger partial charge in [0.15, 0.2) is 0 Å². The number of nitrogens with one attached hydrogen (secondary N) is 2. The summed E-state index contributed by atoms with van der Waals surface area (Å²) in [5.41, 5.74) is 1.64. The zero-order valence-electron chi connectivity index (χ0n) is 14.2.